The summed E-state index contributed by atoms with van der Waals surface area (Å²) >= 11 is 0. The van der Waals surface area contributed by atoms with Crippen LogP contribution in [0, 0.1) is 0 Å². The molecule has 0 fully saturated rings. The summed E-state index contributed by atoms with van der Waals surface area (Å²) in [7, 11) is 1.56. The highest BCUT2D eigenvalue weighted by molar-refractivity contribution is 6.00. The second-order valence-corrected chi connectivity index (χ2v) is 4.72. The average molecular weight is 278 g/mol. The van der Waals surface area contributed by atoms with E-state index in [1.165, 1.54) is 0 Å². The maximum atomic E-state index is 12.3. The first-order valence-electron chi connectivity index (χ1n) is 6.63. The molecule has 3 aromatic rings. The van der Waals surface area contributed by atoms with E-state index in [1.54, 1.807) is 25.6 Å². The highest BCUT2D eigenvalue weighted by Gasteiger charge is 2.08. The third kappa shape index (κ3) is 2.89. The number of fused-ring (bicyclic) bond motifs is 1. The monoisotopic (exact) mass is 278 g/mol. The number of nitrogens with zero attached hydrogens (tertiary/aromatic N) is 2. The summed E-state index contributed by atoms with van der Waals surface area (Å²) in [5.41, 5.74) is 2.36. The molecule has 0 radical (unpaired) electrons. The molecule has 0 spiro atoms. The summed E-state index contributed by atoms with van der Waals surface area (Å²) in [6.07, 6.45) is 3.70. The maximum absolute atomic E-state index is 12.3. The Morgan fingerprint density at radius 2 is 2.05 bits per heavy atom. The fourth-order valence-corrected chi connectivity index (χ4v) is 2.16. The Hall–Kier alpha value is -2.75. The molecule has 0 amide bonds. The zero-order valence-corrected chi connectivity index (χ0v) is 11.6. The first-order chi connectivity index (χ1) is 10.3. The first-order valence-corrected chi connectivity index (χ1v) is 6.63. The van der Waals surface area contributed by atoms with Crippen LogP contribution in [-0.4, -0.2) is 22.9 Å². The van der Waals surface area contributed by atoms with Gasteiger partial charge in [-0.1, -0.05) is 24.3 Å². The molecule has 0 saturated heterocycles. The van der Waals surface area contributed by atoms with E-state index in [2.05, 4.69) is 9.97 Å². The lowest BCUT2D eigenvalue weighted by atomic mass is 10.0. The lowest BCUT2D eigenvalue weighted by Crippen LogP contribution is -2.04. The summed E-state index contributed by atoms with van der Waals surface area (Å²) < 4.78 is 5.00. The number of benzene rings is 1. The van der Waals surface area contributed by atoms with E-state index in [9.17, 15) is 4.79 Å². The lowest BCUT2D eigenvalue weighted by Gasteiger charge is -2.04. The van der Waals surface area contributed by atoms with Gasteiger partial charge in [0.2, 0.25) is 5.88 Å². The highest BCUT2D eigenvalue weighted by Crippen LogP contribution is 2.15. The molecule has 0 unspecified atom stereocenters. The largest absolute Gasteiger partial charge is 0.481 e. The number of methoxy groups -OCH3 is 1. The quantitative estimate of drug-likeness (QED) is 0.688. The molecule has 0 aliphatic carbocycles. The lowest BCUT2D eigenvalue weighted by molar-refractivity contribution is 0.0993. The van der Waals surface area contributed by atoms with Gasteiger partial charge in [0.25, 0.3) is 0 Å². The van der Waals surface area contributed by atoms with Gasteiger partial charge in [-0.15, -0.1) is 0 Å². The van der Waals surface area contributed by atoms with E-state index in [1.807, 2.05) is 36.4 Å². The van der Waals surface area contributed by atoms with Crippen molar-refractivity contribution >= 4 is 16.7 Å². The van der Waals surface area contributed by atoms with E-state index in [0.717, 1.165) is 16.5 Å². The fourth-order valence-electron chi connectivity index (χ4n) is 2.16. The van der Waals surface area contributed by atoms with Crippen LogP contribution in [0.1, 0.15) is 15.9 Å². The Labute approximate surface area is 122 Å². The molecule has 3 rings (SSSR count). The second kappa shape index (κ2) is 5.71. The molecular weight excluding hydrogens is 264 g/mol. The van der Waals surface area contributed by atoms with E-state index < -0.39 is 0 Å². The van der Waals surface area contributed by atoms with E-state index >= 15 is 0 Å². The molecule has 4 heteroatoms. The van der Waals surface area contributed by atoms with Crippen LogP contribution in [0.15, 0.2) is 54.9 Å². The van der Waals surface area contributed by atoms with Crippen LogP contribution in [0.2, 0.25) is 0 Å². The van der Waals surface area contributed by atoms with E-state index in [0.29, 0.717) is 17.9 Å². The van der Waals surface area contributed by atoms with Gasteiger partial charge < -0.3 is 4.74 Å². The molecule has 0 saturated carbocycles. The van der Waals surface area contributed by atoms with Gasteiger partial charge in [0.05, 0.1) is 12.6 Å². The Morgan fingerprint density at radius 3 is 2.81 bits per heavy atom. The van der Waals surface area contributed by atoms with Crippen LogP contribution >= 0.6 is 0 Å². The van der Waals surface area contributed by atoms with Gasteiger partial charge in [-0.05, 0) is 17.7 Å². The molecule has 0 atom stereocenters. The number of Topliss-reactive ketones (excluding diaryl/α,β-unsaturated/α-hetero) is 1. The third-order valence-corrected chi connectivity index (χ3v) is 3.30. The number of carbonyl (C=O) groups excluding carboxylic acids is 1. The van der Waals surface area contributed by atoms with Gasteiger partial charge >= 0.3 is 0 Å². The second-order valence-electron chi connectivity index (χ2n) is 4.72. The van der Waals surface area contributed by atoms with Gasteiger partial charge in [-0.25, -0.2) is 4.98 Å². The van der Waals surface area contributed by atoms with Gasteiger partial charge in [0.1, 0.15) is 0 Å². The number of ketones is 1. The Morgan fingerprint density at radius 1 is 1.14 bits per heavy atom. The van der Waals surface area contributed by atoms with Crippen molar-refractivity contribution in [3.8, 4) is 5.88 Å². The number of aromatic nitrogens is 2. The van der Waals surface area contributed by atoms with Crippen molar-refractivity contribution in [1.82, 2.24) is 9.97 Å². The van der Waals surface area contributed by atoms with Crippen molar-refractivity contribution in [2.24, 2.45) is 0 Å². The van der Waals surface area contributed by atoms with Crippen LogP contribution in [0.25, 0.3) is 10.9 Å². The van der Waals surface area contributed by atoms with Crippen LogP contribution < -0.4 is 4.74 Å². The van der Waals surface area contributed by atoms with Crippen molar-refractivity contribution in [2.45, 2.75) is 6.42 Å². The number of hydrogen-bond acceptors (Lipinski definition) is 4. The molecule has 0 bridgehead atoms. The van der Waals surface area contributed by atoms with Gasteiger partial charge in [0, 0.05) is 35.8 Å². The van der Waals surface area contributed by atoms with Crippen LogP contribution in [0.3, 0.4) is 0 Å². The SMILES string of the molecule is COc1ccc(CC(=O)c2ccc3cccnc3c2)cn1. The zero-order valence-electron chi connectivity index (χ0n) is 11.6. The fraction of sp³-hybridized carbons (Fsp3) is 0.118. The normalized spacial score (nSPS) is 10.5. The van der Waals surface area contributed by atoms with Crippen LogP contribution in [-0.2, 0) is 6.42 Å². The van der Waals surface area contributed by atoms with E-state index in [-0.39, 0.29) is 5.78 Å². The number of carbonyl (C=O) groups is 1. The summed E-state index contributed by atoms with van der Waals surface area (Å²) in [6.45, 7) is 0. The summed E-state index contributed by atoms with van der Waals surface area (Å²) in [5, 5.41) is 1.03. The van der Waals surface area contributed by atoms with Crippen molar-refractivity contribution < 1.29 is 9.53 Å². The highest BCUT2D eigenvalue weighted by atomic mass is 16.5. The van der Waals surface area contributed by atoms with Crippen LogP contribution in [0.4, 0.5) is 0 Å². The Balaban J connectivity index is 1.82. The minimum atomic E-state index is 0.0505. The van der Waals surface area contributed by atoms with Gasteiger partial charge in [0.15, 0.2) is 5.78 Å². The third-order valence-electron chi connectivity index (χ3n) is 3.30. The molecule has 1 aromatic carbocycles. The molecule has 4 nitrogen and oxygen atoms in total. The summed E-state index contributed by atoms with van der Waals surface area (Å²) in [6, 6.07) is 13.0. The van der Waals surface area contributed by atoms with Gasteiger partial charge in [-0.2, -0.15) is 0 Å². The smallest absolute Gasteiger partial charge is 0.212 e. The van der Waals surface area contributed by atoms with Crippen LogP contribution in [0.5, 0.6) is 5.88 Å². The summed E-state index contributed by atoms with van der Waals surface area (Å²) in [4.78, 5) is 20.7. The van der Waals surface area contributed by atoms with Crippen molar-refractivity contribution in [1.29, 1.82) is 0 Å². The molecule has 0 aliphatic rings. The number of hydrogen-bond donors (Lipinski definition) is 0. The topological polar surface area (TPSA) is 52.1 Å². The van der Waals surface area contributed by atoms with Crippen molar-refractivity contribution in [3.63, 3.8) is 0 Å². The summed E-state index contributed by atoms with van der Waals surface area (Å²) in [5.74, 6) is 0.593. The molecule has 0 N–H and O–H groups in total. The Kier molecular flexibility index (Phi) is 3.60. The Bertz CT molecular complexity index is 782. The molecular formula is C17H14N2O2. The number of rotatable bonds is 4. The molecule has 2 heterocycles. The molecule has 2 aromatic heterocycles. The van der Waals surface area contributed by atoms with Crippen molar-refractivity contribution in [2.75, 3.05) is 7.11 Å². The predicted molar refractivity (Wildman–Crippen MR) is 80.6 cm³/mol. The molecule has 21 heavy (non-hydrogen) atoms. The van der Waals surface area contributed by atoms with Gasteiger partial charge in [-0.3, -0.25) is 9.78 Å². The molecule has 0 aliphatic heterocycles. The zero-order chi connectivity index (χ0) is 14.7. The predicted octanol–water partition coefficient (Wildman–Crippen LogP) is 3.06. The number of pyridine rings is 2. The number of ether oxygens (including phenoxy) is 1. The standard InChI is InChI=1S/C17H14N2O2/c1-21-17-7-4-12(11-19-17)9-16(20)14-6-5-13-3-2-8-18-15(13)10-14/h2-8,10-11H,9H2,1H3. The van der Waals surface area contributed by atoms with E-state index in [4.69, 9.17) is 4.74 Å². The molecule has 104 valence electrons. The minimum Gasteiger partial charge on any atom is -0.481 e. The average Bonchev–Trinajstić information content (AvgIpc) is 2.55. The first kappa shape index (κ1) is 13.2. The maximum Gasteiger partial charge on any atom is 0.212 e. The van der Waals surface area contributed by atoms with Crippen molar-refractivity contribution in [3.05, 3.63) is 66.0 Å². The minimum absolute atomic E-state index is 0.0505.